The number of amides is 1. The van der Waals surface area contributed by atoms with E-state index in [-0.39, 0.29) is 5.91 Å². The van der Waals surface area contributed by atoms with Crippen LogP contribution in [0.4, 0.5) is 0 Å². The molecule has 4 nitrogen and oxygen atoms in total. The standard InChI is InChI=1S/C12H16ClN3O/c1-15(2)12(16(3)4)14-11(17)9-7-5-6-8-10(9)13/h5-8H,1-4H3. The number of rotatable bonds is 1. The summed E-state index contributed by atoms with van der Waals surface area (Å²) in [7, 11) is 7.33. The number of aliphatic imine (C=N–C) groups is 1. The molecule has 0 heterocycles. The van der Waals surface area contributed by atoms with Crippen LogP contribution in [0.15, 0.2) is 29.3 Å². The summed E-state index contributed by atoms with van der Waals surface area (Å²) < 4.78 is 0. The van der Waals surface area contributed by atoms with Crippen molar-refractivity contribution in [2.75, 3.05) is 28.2 Å². The molecule has 0 atom stereocenters. The van der Waals surface area contributed by atoms with Gasteiger partial charge in [0.25, 0.3) is 5.91 Å². The van der Waals surface area contributed by atoms with Gasteiger partial charge in [-0.3, -0.25) is 4.79 Å². The maximum absolute atomic E-state index is 12.0. The summed E-state index contributed by atoms with van der Waals surface area (Å²) in [5, 5.41) is 0.415. The van der Waals surface area contributed by atoms with Gasteiger partial charge < -0.3 is 9.80 Å². The fraction of sp³-hybridized carbons (Fsp3) is 0.333. The molecule has 0 aliphatic carbocycles. The Morgan fingerprint density at radius 2 is 1.65 bits per heavy atom. The summed E-state index contributed by atoms with van der Waals surface area (Å²) in [5.74, 6) is 0.239. The Balaban J connectivity index is 3.06. The average molecular weight is 254 g/mol. The van der Waals surface area contributed by atoms with Gasteiger partial charge in [-0.2, -0.15) is 4.99 Å². The van der Waals surface area contributed by atoms with Gasteiger partial charge in [0.1, 0.15) is 0 Å². The van der Waals surface area contributed by atoms with E-state index in [1.165, 1.54) is 0 Å². The molecule has 1 aromatic rings. The molecule has 0 spiro atoms. The number of guanidine groups is 1. The summed E-state index contributed by atoms with van der Waals surface area (Å²) in [6, 6.07) is 6.88. The summed E-state index contributed by atoms with van der Waals surface area (Å²) >= 11 is 5.94. The first-order valence-corrected chi connectivity index (χ1v) is 5.53. The van der Waals surface area contributed by atoms with Gasteiger partial charge >= 0.3 is 0 Å². The third-order valence-corrected chi connectivity index (χ3v) is 2.44. The van der Waals surface area contributed by atoms with Crippen LogP contribution in [0.25, 0.3) is 0 Å². The van der Waals surface area contributed by atoms with Gasteiger partial charge in [0.05, 0.1) is 10.6 Å². The maximum Gasteiger partial charge on any atom is 0.281 e. The van der Waals surface area contributed by atoms with Gasteiger partial charge in [0.15, 0.2) is 0 Å². The van der Waals surface area contributed by atoms with Crippen LogP contribution in [-0.2, 0) is 0 Å². The molecular formula is C12H16ClN3O. The van der Waals surface area contributed by atoms with Crippen molar-refractivity contribution >= 4 is 23.5 Å². The van der Waals surface area contributed by atoms with E-state index in [0.717, 1.165) is 0 Å². The van der Waals surface area contributed by atoms with Gasteiger partial charge in [0.2, 0.25) is 5.96 Å². The Hall–Kier alpha value is -1.55. The fourth-order valence-electron chi connectivity index (χ4n) is 1.39. The topological polar surface area (TPSA) is 35.9 Å². The molecule has 0 fully saturated rings. The molecule has 92 valence electrons. The molecule has 1 amide bonds. The smallest absolute Gasteiger partial charge is 0.281 e. The molecule has 0 bridgehead atoms. The van der Waals surface area contributed by atoms with Crippen molar-refractivity contribution < 1.29 is 4.79 Å². The van der Waals surface area contributed by atoms with Crippen LogP contribution in [-0.4, -0.2) is 49.9 Å². The lowest BCUT2D eigenvalue weighted by atomic mass is 10.2. The van der Waals surface area contributed by atoms with Crippen LogP contribution in [0.5, 0.6) is 0 Å². The summed E-state index contributed by atoms with van der Waals surface area (Å²) in [5.41, 5.74) is 0.412. The average Bonchev–Trinajstić information content (AvgIpc) is 2.25. The Kier molecular flexibility index (Phi) is 4.52. The van der Waals surface area contributed by atoms with Gasteiger partial charge in [-0.1, -0.05) is 23.7 Å². The lowest BCUT2D eigenvalue weighted by molar-refractivity contribution is 0.1000. The van der Waals surface area contributed by atoms with Crippen molar-refractivity contribution in [1.29, 1.82) is 0 Å². The number of hydrogen-bond acceptors (Lipinski definition) is 1. The van der Waals surface area contributed by atoms with Crippen molar-refractivity contribution in [3.8, 4) is 0 Å². The zero-order valence-electron chi connectivity index (χ0n) is 10.4. The Labute approximate surface area is 107 Å². The summed E-state index contributed by atoms with van der Waals surface area (Å²) in [4.78, 5) is 19.6. The van der Waals surface area contributed by atoms with E-state index in [1.807, 2.05) is 28.2 Å². The molecule has 5 heteroatoms. The third-order valence-electron chi connectivity index (χ3n) is 2.11. The van der Waals surface area contributed by atoms with E-state index >= 15 is 0 Å². The second-order valence-electron chi connectivity index (χ2n) is 3.99. The van der Waals surface area contributed by atoms with Gasteiger partial charge in [-0.15, -0.1) is 0 Å². The number of halogens is 1. The minimum Gasteiger partial charge on any atom is -0.349 e. The quantitative estimate of drug-likeness (QED) is 0.567. The van der Waals surface area contributed by atoms with Crippen molar-refractivity contribution in [3.63, 3.8) is 0 Å². The number of carbonyl (C=O) groups excluding carboxylic acids is 1. The van der Waals surface area contributed by atoms with E-state index in [9.17, 15) is 4.79 Å². The highest BCUT2D eigenvalue weighted by Gasteiger charge is 2.12. The minimum atomic E-state index is -0.340. The van der Waals surface area contributed by atoms with Gasteiger partial charge in [-0.05, 0) is 12.1 Å². The van der Waals surface area contributed by atoms with E-state index in [0.29, 0.717) is 16.5 Å². The zero-order chi connectivity index (χ0) is 13.0. The normalized spacial score (nSPS) is 9.71. The first-order valence-electron chi connectivity index (χ1n) is 5.15. The minimum absolute atomic E-state index is 0.340. The highest BCUT2D eigenvalue weighted by Crippen LogP contribution is 2.16. The van der Waals surface area contributed by atoms with Crippen LogP contribution < -0.4 is 0 Å². The first-order chi connectivity index (χ1) is 7.93. The fourth-order valence-corrected chi connectivity index (χ4v) is 1.60. The molecule has 0 aliphatic rings. The Morgan fingerprint density at radius 1 is 1.12 bits per heavy atom. The monoisotopic (exact) mass is 253 g/mol. The molecule has 0 saturated carbocycles. The molecule has 1 rings (SSSR count). The van der Waals surface area contributed by atoms with E-state index in [1.54, 1.807) is 34.1 Å². The summed E-state index contributed by atoms with van der Waals surface area (Å²) in [6.45, 7) is 0. The van der Waals surface area contributed by atoms with E-state index in [4.69, 9.17) is 11.6 Å². The molecular weight excluding hydrogens is 238 g/mol. The molecule has 1 aromatic carbocycles. The zero-order valence-corrected chi connectivity index (χ0v) is 11.2. The van der Waals surface area contributed by atoms with Crippen LogP contribution in [0.2, 0.25) is 5.02 Å². The number of carbonyl (C=O) groups is 1. The molecule has 0 saturated heterocycles. The van der Waals surface area contributed by atoms with Crippen molar-refractivity contribution in [3.05, 3.63) is 34.9 Å². The predicted molar refractivity (Wildman–Crippen MR) is 70.6 cm³/mol. The van der Waals surface area contributed by atoms with E-state index < -0.39 is 0 Å². The lowest BCUT2D eigenvalue weighted by Gasteiger charge is -2.22. The largest absolute Gasteiger partial charge is 0.349 e. The highest BCUT2D eigenvalue weighted by molar-refractivity contribution is 6.34. The molecule has 0 N–H and O–H groups in total. The lowest BCUT2D eigenvalue weighted by Crippen LogP contribution is -2.36. The van der Waals surface area contributed by atoms with Crippen molar-refractivity contribution in [2.24, 2.45) is 4.99 Å². The Morgan fingerprint density at radius 3 is 2.12 bits per heavy atom. The summed E-state index contributed by atoms with van der Waals surface area (Å²) in [6.07, 6.45) is 0. The molecule has 0 unspecified atom stereocenters. The third kappa shape index (κ3) is 3.46. The first kappa shape index (κ1) is 13.5. The van der Waals surface area contributed by atoms with Gasteiger partial charge in [-0.25, -0.2) is 0 Å². The molecule has 0 aromatic heterocycles. The van der Waals surface area contributed by atoms with Crippen LogP contribution >= 0.6 is 11.6 Å². The van der Waals surface area contributed by atoms with Crippen LogP contribution in [0.1, 0.15) is 10.4 Å². The second-order valence-corrected chi connectivity index (χ2v) is 4.39. The SMILES string of the molecule is CN(C)C(=NC(=O)c1ccccc1Cl)N(C)C. The van der Waals surface area contributed by atoms with Crippen molar-refractivity contribution in [2.45, 2.75) is 0 Å². The number of hydrogen-bond donors (Lipinski definition) is 0. The molecule has 0 radical (unpaired) electrons. The van der Waals surface area contributed by atoms with E-state index in [2.05, 4.69) is 4.99 Å². The molecule has 0 aliphatic heterocycles. The number of benzene rings is 1. The maximum atomic E-state index is 12.0. The van der Waals surface area contributed by atoms with Crippen molar-refractivity contribution in [1.82, 2.24) is 9.80 Å². The predicted octanol–water partition coefficient (Wildman–Crippen LogP) is 1.96. The molecule has 17 heavy (non-hydrogen) atoms. The highest BCUT2D eigenvalue weighted by atomic mass is 35.5. The Bertz CT molecular complexity index is 431. The van der Waals surface area contributed by atoms with Crippen LogP contribution in [0.3, 0.4) is 0 Å². The van der Waals surface area contributed by atoms with Gasteiger partial charge in [0, 0.05) is 28.2 Å². The number of nitrogens with zero attached hydrogens (tertiary/aromatic N) is 3. The van der Waals surface area contributed by atoms with Crippen LogP contribution in [0, 0.1) is 0 Å². The second kappa shape index (κ2) is 5.68.